The van der Waals surface area contributed by atoms with Crippen molar-refractivity contribution in [3.05, 3.63) is 71.8 Å². The van der Waals surface area contributed by atoms with Crippen molar-refractivity contribution >= 4 is 17.1 Å². The molecule has 36 heavy (non-hydrogen) atoms. The van der Waals surface area contributed by atoms with Crippen molar-refractivity contribution in [1.29, 1.82) is 0 Å². The summed E-state index contributed by atoms with van der Waals surface area (Å²) in [4.78, 5) is 26.7. The van der Waals surface area contributed by atoms with Crippen LogP contribution in [0.5, 0.6) is 0 Å². The Bertz CT molecular complexity index is 1220. The van der Waals surface area contributed by atoms with Crippen LogP contribution in [0, 0.1) is 13.8 Å². The molecule has 1 amide bonds. The van der Waals surface area contributed by atoms with E-state index in [-0.39, 0.29) is 6.09 Å². The number of aryl methyl sites for hydroxylation is 2. The molecular weight excluding hydrogens is 450 g/mol. The lowest BCUT2D eigenvalue weighted by atomic mass is 10.0. The molecular formula is C29H39N5O2. The maximum absolute atomic E-state index is 12.6. The first-order chi connectivity index (χ1) is 17.1. The number of hydrogen-bond acceptors (Lipinski definition) is 5. The highest BCUT2D eigenvalue weighted by Gasteiger charge is 2.31. The number of hydrogen-bond donors (Lipinski definition) is 0. The van der Waals surface area contributed by atoms with E-state index in [4.69, 9.17) is 14.7 Å². The first-order valence-corrected chi connectivity index (χ1v) is 12.8. The van der Waals surface area contributed by atoms with E-state index < -0.39 is 5.60 Å². The molecule has 1 aromatic carbocycles. The predicted octanol–water partition coefficient (Wildman–Crippen LogP) is 5.64. The van der Waals surface area contributed by atoms with Gasteiger partial charge in [0.15, 0.2) is 0 Å². The number of aromatic nitrogens is 3. The fourth-order valence-corrected chi connectivity index (χ4v) is 4.92. The van der Waals surface area contributed by atoms with E-state index in [0.717, 1.165) is 41.9 Å². The standard InChI is InChI=1S/C29H39N5O2/c1-7-14-34-26-11-9-8-10-24(26)31-27(34)20-33(19-25-22(3)17-21(2)18-30-25)23-12-15-32(16-13-23)28(35)36-29(4,5)6/h7-11,17-18,23H,1,12-16,19-20H2,2-6H3. The molecule has 2 aromatic heterocycles. The van der Waals surface area contributed by atoms with Crippen molar-refractivity contribution < 1.29 is 9.53 Å². The van der Waals surface area contributed by atoms with Crippen LogP contribution in [-0.4, -0.2) is 55.2 Å². The zero-order valence-electron chi connectivity index (χ0n) is 22.3. The van der Waals surface area contributed by atoms with Crippen molar-refractivity contribution in [3.8, 4) is 0 Å². The summed E-state index contributed by atoms with van der Waals surface area (Å²) in [5.41, 5.74) is 5.09. The average Bonchev–Trinajstić information content (AvgIpc) is 3.16. The summed E-state index contributed by atoms with van der Waals surface area (Å²) >= 11 is 0. The molecule has 1 saturated heterocycles. The fraction of sp³-hybridized carbons (Fsp3) is 0.483. The Hall–Kier alpha value is -3.19. The second-order valence-corrected chi connectivity index (χ2v) is 10.8. The third kappa shape index (κ3) is 6.13. The summed E-state index contributed by atoms with van der Waals surface area (Å²) in [6, 6.07) is 10.8. The van der Waals surface area contributed by atoms with E-state index >= 15 is 0 Å². The second-order valence-electron chi connectivity index (χ2n) is 10.8. The molecule has 0 bridgehead atoms. The summed E-state index contributed by atoms with van der Waals surface area (Å²) < 4.78 is 7.86. The normalized spacial score (nSPS) is 15.0. The van der Waals surface area contributed by atoms with Crippen molar-refractivity contribution in [1.82, 2.24) is 24.3 Å². The number of rotatable bonds is 7. The van der Waals surface area contributed by atoms with Gasteiger partial charge in [-0.05, 0) is 70.7 Å². The highest BCUT2D eigenvalue weighted by Crippen LogP contribution is 2.25. The van der Waals surface area contributed by atoms with Gasteiger partial charge in [-0.1, -0.05) is 24.3 Å². The van der Waals surface area contributed by atoms with Crippen LogP contribution in [0.1, 0.15) is 56.3 Å². The molecule has 7 nitrogen and oxygen atoms in total. The van der Waals surface area contributed by atoms with Gasteiger partial charge in [0.25, 0.3) is 0 Å². The Morgan fingerprint density at radius 1 is 1.19 bits per heavy atom. The van der Waals surface area contributed by atoms with Crippen LogP contribution in [-0.2, 0) is 24.4 Å². The summed E-state index contributed by atoms with van der Waals surface area (Å²) in [5.74, 6) is 1.02. The number of nitrogens with zero attached hydrogens (tertiary/aromatic N) is 5. The average molecular weight is 490 g/mol. The molecule has 0 saturated carbocycles. The fourth-order valence-electron chi connectivity index (χ4n) is 4.92. The largest absolute Gasteiger partial charge is 0.444 e. The number of pyridine rings is 1. The summed E-state index contributed by atoms with van der Waals surface area (Å²) in [5, 5.41) is 0. The van der Waals surface area contributed by atoms with E-state index in [9.17, 15) is 4.79 Å². The first kappa shape index (κ1) is 25.9. The lowest BCUT2D eigenvalue weighted by Crippen LogP contribution is -2.47. The summed E-state index contributed by atoms with van der Waals surface area (Å²) in [6.07, 6.45) is 5.40. The molecule has 1 fully saturated rings. The Balaban J connectivity index is 1.58. The van der Waals surface area contributed by atoms with Crippen LogP contribution in [0.4, 0.5) is 4.79 Å². The lowest BCUT2D eigenvalue weighted by Gasteiger charge is -2.38. The first-order valence-electron chi connectivity index (χ1n) is 12.8. The van der Waals surface area contributed by atoms with Gasteiger partial charge in [0, 0.05) is 38.4 Å². The van der Waals surface area contributed by atoms with Crippen LogP contribution in [0.2, 0.25) is 0 Å². The van der Waals surface area contributed by atoms with Gasteiger partial charge < -0.3 is 14.2 Å². The predicted molar refractivity (Wildman–Crippen MR) is 144 cm³/mol. The van der Waals surface area contributed by atoms with E-state index in [1.54, 1.807) is 0 Å². The van der Waals surface area contributed by atoms with Gasteiger partial charge in [0.1, 0.15) is 11.4 Å². The molecule has 1 aliphatic rings. The lowest BCUT2D eigenvalue weighted by molar-refractivity contribution is 0.0127. The second kappa shape index (κ2) is 10.8. The van der Waals surface area contributed by atoms with Gasteiger partial charge in [-0.3, -0.25) is 9.88 Å². The van der Waals surface area contributed by atoms with Gasteiger partial charge >= 0.3 is 6.09 Å². The monoisotopic (exact) mass is 489 g/mol. The van der Waals surface area contributed by atoms with Crippen LogP contribution in [0.3, 0.4) is 0 Å². The zero-order chi connectivity index (χ0) is 25.9. The van der Waals surface area contributed by atoms with E-state index in [1.165, 1.54) is 11.1 Å². The molecule has 3 heterocycles. The van der Waals surface area contributed by atoms with Gasteiger partial charge in [-0.25, -0.2) is 9.78 Å². The third-order valence-corrected chi connectivity index (χ3v) is 6.70. The van der Waals surface area contributed by atoms with Crippen LogP contribution in [0.15, 0.2) is 49.2 Å². The Kier molecular flexibility index (Phi) is 7.79. The van der Waals surface area contributed by atoms with Crippen molar-refractivity contribution in [3.63, 3.8) is 0 Å². The van der Waals surface area contributed by atoms with Crippen molar-refractivity contribution in [2.45, 2.75) is 78.7 Å². The number of carbonyl (C=O) groups is 1. The van der Waals surface area contributed by atoms with Gasteiger partial charge in [-0.2, -0.15) is 0 Å². The number of allylic oxidation sites excluding steroid dienone is 1. The number of fused-ring (bicyclic) bond motifs is 1. The topological polar surface area (TPSA) is 63.5 Å². The molecule has 0 aliphatic carbocycles. The van der Waals surface area contributed by atoms with Crippen LogP contribution >= 0.6 is 0 Å². The maximum Gasteiger partial charge on any atom is 0.410 e. The summed E-state index contributed by atoms with van der Waals surface area (Å²) in [6.45, 7) is 17.4. The van der Waals surface area contributed by atoms with Crippen molar-refractivity contribution in [2.24, 2.45) is 0 Å². The number of amides is 1. The highest BCUT2D eigenvalue weighted by atomic mass is 16.6. The highest BCUT2D eigenvalue weighted by molar-refractivity contribution is 5.76. The molecule has 0 N–H and O–H groups in total. The Labute approximate surface area is 214 Å². The number of carbonyl (C=O) groups excluding carboxylic acids is 1. The SMILES string of the molecule is C=CCn1c(CN(Cc2ncc(C)cc2C)C2CCN(C(=O)OC(C)(C)C)CC2)nc2ccccc21. The third-order valence-electron chi connectivity index (χ3n) is 6.70. The van der Waals surface area contributed by atoms with Crippen molar-refractivity contribution in [2.75, 3.05) is 13.1 Å². The molecule has 0 unspecified atom stereocenters. The minimum Gasteiger partial charge on any atom is -0.444 e. The molecule has 7 heteroatoms. The van der Waals surface area contributed by atoms with Gasteiger partial charge in [0.05, 0.1) is 23.3 Å². The maximum atomic E-state index is 12.6. The van der Waals surface area contributed by atoms with Gasteiger partial charge in [-0.15, -0.1) is 6.58 Å². The molecule has 0 atom stereocenters. The van der Waals surface area contributed by atoms with Crippen LogP contribution < -0.4 is 0 Å². The molecule has 1 aliphatic heterocycles. The molecule has 3 aromatic rings. The van der Waals surface area contributed by atoms with Gasteiger partial charge in [0.2, 0.25) is 0 Å². The number of piperidine rings is 1. The quantitative estimate of drug-likeness (QED) is 0.402. The minimum atomic E-state index is -0.487. The Morgan fingerprint density at radius 2 is 1.92 bits per heavy atom. The van der Waals surface area contributed by atoms with E-state index in [0.29, 0.717) is 32.2 Å². The zero-order valence-corrected chi connectivity index (χ0v) is 22.3. The van der Waals surface area contributed by atoms with E-state index in [2.05, 4.69) is 54.2 Å². The number of benzene rings is 1. The Morgan fingerprint density at radius 3 is 2.58 bits per heavy atom. The molecule has 0 spiro atoms. The number of ether oxygens (including phenoxy) is 1. The number of likely N-dealkylation sites (tertiary alicyclic amines) is 1. The summed E-state index contributed by atoms with van der Waals surface area (Å²) in [7, 11) is 0. The van der Waals surface area contributed by atoms with Crippen LogP contribution in [0.25, 0.3) is 11.0 Å². The van der Waals surface area contributed by atoms with E-state index in [1.807, 2.05) is 44.0 Å². The molecule has 4 rings (SSSR count). The smallest absolute Gasteiger partial charge is 0.410 e. The molecule has 0 radical (unpaired) electrons. The number of imidazole rings is 1. The number of para-hydroxylation sites is 2. The molecule has 192 valence electrons. The minimum absolute atomic E-state index is 0.226.